The highest BCUT2D eigenvalue weighted by Crippen LogP contribution is 2.45. The summed E-state index contributed by atoms with van der Waals surface area (Å²) in [4.78, 5) is 44.7. The molecule has 0 bridgehead atoms. The zero-order valence-corrected chi connectivity index (χ0v) is 25.2. The van der Waals surface area contributed by atoms with Gasteiger partial charge in [0.15, 0.2) is 6.10 Å². The van der Waals surface area contributed by atoms with E-state index in [1.807, 2.05) is 97.2 Å². The molecule has 1 fully saturated rings. The lowest BCUT2D eigenvalue weighted by atomic mass is 10.0. The van der Waals surface area contributed by atoms with E-state index in [4.69, 9.17) is 4.74 Å². The van der Waals surface area contributed by atoms with E-state index in [1.165, 1.54) is 39.3 Å². The molecule has 4 aromatic rings. The predicted molar refractivity (Wildman–Crippen MR) is 165 cm³/mol. The number of thiophene rings is 1. The Bertz CT molecular complexity index is 1580. The Balaban J connectivity index is 1.33. The summed E-state index contributed by atoms with van der Waals surface area (Å²) in [6.45, 7) is 0. The van der Waals surface area contributed by atoms with Crippen molar-refractivity contribution in [2.45, 2.75) is 23.9 Å². The van der Waals surface area contributed by atoms with Gasteiger partial charge in [-0.1, -0.05) is 78.1 Å². The molecule has 0 aliphatic carbocycles. The van der Waals surface area contributed by atoms with Gasteiger partial charge in [-0.25, -0.2) is 4.79 Å². The number of β-lactam (4-membered cyclic amide) rings is 1. The molecule has 2 aromatic carbocycles. The number of thioether (sulfide) groups is 1. The number of nitrogens with zero attached hydrogens (tertiary/aromatic N) is 4. The van der Waals surface area contributed by atoms with Gasteiger partial charge in [0.25, 0.3) is 5.91 Å². The first kappa shape index (κ1) is 28.1. The van der Waals surface area contributed by atoms with Gasteiger partial charge in [-0.05, 0) is 22.6 Å². The van der Waals surface area contributed by atoms with E-state index in [1.54, 1.807) is 0 Å². The molecule has 0 spiro atoms. The second-order valence-corrected chi connectivity index (χ2v) is 13.0. The minimum absolute atomic E-state index is 0.144. The van der Waals surface area contributed by atoms with Crippen LogP contribution >= 0.6 is 34.4 Å². The zero-order chi connectivity index (χ0) is 29.2. The first-order chi connectivity index (χ1) is 20.4. The molecular formula is C30H27N5O4S3. The molecule has 42 heavy (non-hydrogen) atoms. The van der Waals surface area contributed by atoms with Crippen molar-refractivity contribution in [3.63, 3.8) is 0 Å². The topological polar surface area (TPSA) is 105 Å². The number of carbonyl (C=O) groups excluding carboxylic acids is 3. The van der Waals surface area contributed by atoms with Gasteiger partial charge in [-0.3, -0.25) is 14.5 Å². The zero-order valence-electron chi connectivity index (χ0n) is 22.8. The third kappa shape index (κ3) is 5.57. The lowest BCUT2D eigenvalue weighted by molar-refractivity contribution is -0.154. The van der Waals surface area contributed by atoms with Crippen molar-refractivity contribution < 1.29 is 19.1 Å². The highest BCUT2D eigenvalue weighted by atomic mass is 32.2. The van der Waals surface area contributed by atoms with Crippen molar-refractivity contribution in [2.75, 3.05) is 24.7 Å². The van der Waals surface area contributed by atoms with E-state index in [9.17, 15) is 14.4 Å². The second kappa shape index (κ2) is 12.1. The van der Waals surface area contributed by atoms with Crippen LogP contribution in [0.3, 0.4) is 0 Å². The lowest BCUT2D eigenvalue weighted by Crippen LogP contribution is -2.70. The Morgan fingerprint density at radius 3 is 2.31 bits per heavy atom. The number of aromatic nitrogens is 2. The van der Waals surface area contributed by atoms with E-state index >= 15 is 0 Å². The largest absolute Gasteiger partial charge is 0.448 e. The Labute approximate surface area is 255 Å². The van der Waals surface area contributed by atoms with Crippen molar-refractivity contribution in [1.29, 1.82) is 0 Å². The summed E-state index contributed by atoms with van der Waals surface area (Å²) in [7, 11) is 3.73. The van der Waals surface area contributed by atoms with Crippen molar-refractivity contribution in [3.8, 4) is 0 Å². The molecule has 1 unspecified atom stereocenters. The van der Waals surface area contributed by atoms with Crippen molar-refractivity contribution in [2.24, 2.45) is 0 Å². The Morgan fingerprint density at radius 1 is 1.02 bits per heavy atom. The summed E-state index contributed by atoms with van der Waals surface area (Å²) >= 11 is 4.31. The van der Waals surface area contributed by atoms with Crippen LogP contribution in [0.2, 0.25) is 0 Å². The minimum atomic E-state index is -0.738. The molecule has 6 rings (SSSR count). The summed E-state index contributed by atoms with van der Waals surface area (Å²) in [5.41, 5.74) is 2.34. The summed E-state index contributed by atoms with van der Waals surface area (Å²) in [6, 6.07) is 22.0. The number of ether oxygens (including phenoxy) is 1. The van der Waals surface area contributed by atoms with Gasteiger partial charge < -0.3 is 15.0 Å². The normalized spacial score (nSPS) is 18.0. The van der Waals surface area contributed by atoms with Crippen molar-refractivity contribution >= 4 is 62.9 Å². The van der Waals surface area contributed by atoms with E-state index < -0.39 is 23.5 Å². The SMILES string of the molecule is CN(C)c1nnc(C2=C(C(=O)OC(c3ccccc3)c3ccccc3)N3C(=O)C(NC(=O)Cc4cccs4)[C@@H]3SC2)s1. The van der Waals surface area contributed by atoms with E-state index in [-0.39, 0.29) is 23.9 Å². The van der Waals surface area contributed by atoms with Gasteiger partial charge >= 0.3 is 5.97 Å². The maximum Gasteiger partial charge on any atom is 0.356 e. The molecule has 2 aliphatic heterocycles. The maximum absolute atomic E-state index is 14.1. The molecular weight excluding hydrogens is 591 g/mol. The number of rotatable bonds is 9. The molecule has 1 saturated heterocycles. The molecule has 12 heteroatoms. The molecule has 2 atom stereocenters. The standard InChI is InChI=1S/C30H27N5O4S3/c1-34(2)30-33-32-26(42-30)21-17-41-28-23(31-22(36)16-20-14-9-15-40-20)27(37)35(28)24(21)29(38)39-25(18-10-5-3-6-11-18)19-12-7-4-8-13-19/h3-15,23,25,28H,16-17H2,1-2H3,(H,31,36)/t23?,28-/m0/s1. The fourth-order valence-corrected chi connectivity index (χ4v) is 7.79. The number of hydrogen-bond acceptors (Lipinski definition) is 10. The molecule has 2 amide bonds. The van der Waals surface area contributed by atoms with Crippen LogP contribution in [0.5, 0.6) is 0 Å². The number of fused-ring (bicyclic) bond motifs is 1. The third-order valence-corrected chi connectivity index (χ3v) is 10.2. The fraction of sp³-hybridized carbons (Fsp3) is 0.233. The van der Waals surface area contributed by atoms with Gasteiger partial charge in [0.05, 0.1) is 6.42 Å². The predicted octanol–water partition coefficient (Wildman–Crippen LogP) is 4.35. The average Bonchev–Trinajstić information content (AvgIpc) is 3.71. The number of nitrogens with one attached hydrogen (secondary N) is 1. The monoisotopic (exact) mass is 617 g/mol. The van der Waals surface area contributed by atoms with Crippen LogP contribution in [0.25, 0.3) is 5.57 Å². The van der Waals surface area contributed by atoms with Gasteiger partial charge in [0.2, 0.25) is 11.0 Å². The number of amides is 2. The van der Waals surface area contributed by atoms with E-state index in [0.717, 1.165) is 16.0 Å². The molecule has 2 aromatic heterocycles. The molecule has 2 aliphatic rings. The highest BCUT2D eigenvalue weighted by molar-refractivity contribution is 8.00. The first-order valence-electron chi connectivity index (χ1n) is 13.2. The van der Waals surface area contributed by atoms with Crippen LogP contribution in [-0.4, -0.2) is 64.1 Å². The minimum Gasteiger partial charge on any atom is -0.448 e. The number of anilines is 1. The van der Waals surface area contributed by atoms with E-state index in [2.05, 4.69) is 15.5 Å². The second-order valence-electron chi connectivity index (χ2n) is 9.93. The van der Waals surface area contributed by atoms with Crippen LogP contribution in [-0.2, 0) is 25.5 Å². The highest BCUT2D eigenvalue weighted by Gasteiger charge is 2.55. The molecule has 214 valence electrons. The third-order valence-electron chi connectivity index (χ3n) is 6.88. The molecule has 9 nitrogen and oxygen atoms in total. The van der Waals surface area contributed by atoms with Crippen LogP contribution in [0.4, 0.5) is 5.13 Å². The van der Waals surface area contributed by atoms with Crippen molar-refractivity contribution in [1.82, 2.24) is 20.4 Å². The van der Waals surface area contributed by atoms with Crippen molar-refractivity contribution in [3.05, 3.63) is 105 Å². The summed E-state index contributed by atoms with van der Waals surface area (Å²) in [6.07, 6.45) is -0.492. The number of carbonyl (C=O) groups is 3. The van der Waals surface area contributed by atoms with Crippen LogP contribution < -0.4 is 10.2 Å². The van der Waals surface area contributed by atoms with Gasteiger partial charge in [0.1, 0.15) is 22.1 Å². The summed E-state index contributed by atoms with van der Waals surface area (Å²) in [5.74, 6) is -0.821. The molecule has 0 radical (unpaired) electrons. The summed E-state index contributed by atoms with van der Waals surface area (Å²) < 4.78 is 6.22. The summed E-state index contributed by atoms with van der Waals surface area (Å²) in [5, 5.41) is 14.2. The smallest absolute Gasteiger partial charge is 0.356 e. The Hall–Kier alpha value is -4.00. The Morgan fingerprint density at radius 2 is 1.71 bits per heavy atom. The number of benzene rings is 2. The van der Waals surface area contributed by atoms with Crippen LogP contribution in [0.15, 0.2) is 83.9 Å². The Kier molecular flexibility index (Phi) is 8.09. The van der Waals surface area contributed by atoms with Crippen LogP contribution in [0, 0.1) is 0 Å². The molecule has 0 saturated carbocycles. The van der Waals surface area contributed by atoms with Gasteiger partial charge in [-0.2, -0.15) is 0 Å². The number of esters is 1. The quantitative estimate of drug-likeness (QED) is 0.218. The van der Waals surface area contributed by atoms with Crippen LogP contribution in [0.1, 0.15) is 27.1 Å². The average molecular weight is 618 g/mol. The first-order valence-corrected chi connectivity index (χ1v) is 16.0. The molecule has 1 N–H and O–H groups in total. The lowest BCUT2D eigenvalue weighted by Gasteiger charge is -2.49. The molecule has 4 heterocycles. The van der Waals surface area contributed by atoms with Gasteiger partial charge in [0, 0.05) is 30.3 Å². The fourth-order valence-electron chi connectivity index (χ4n) is 4.83. The number of hydrogen-bond donors (Lipinski definition) is 1. The van der Waals surface area contributed by atoms with E-state index in [0.29, 0.717) is 21.5 Å². The maximum atomic E-state index is 14.1. The van der Waals surface area contributed by atoms with Gasteiger partial charge in [-0.15, -0.1) is 33.3 Å².